The number of nitrogens with one attached hydrogen (secondary N) is 2. The highest BCUT2D eigenvalue weighted by molar-refractivity contribution is 6.14. The summed E-state index contributed by atoms with van der Waals surface area (Å²) in [5.41, 5.74) is 7.80. The van der Waals surface area contributed by atoms with E-state index < -0.39 is 5.91 Å². The smallest absolute Gasteiger partial charge is 0.258 e. The van der Waals surface area contributed by atoms with Crippen LogP contribution in [0.25, 0.3) is 10.8 Å². The molecule has 0 unspecified atom stereocenters. The van der Waals surface area contributed by atoms with Gasteiger partial charge in [-0.05, 0) is 34.8 Å². The van der Waals surface area contributed by atoms with Crippen LogP contribution in [0.2, 0.25) is 0 Å². The first kappa shape index (κ1) is 15.5. The van der Waals surface area contributed by atoms with Crippen molar-refractivity contribution in [1.29, 1.82) is 0 Å². The monoisotopic (exact) mass is 320 g/mol. The molecule has 3 rings (SSSR count). The van der Waals surface area contributed by atoms with E-state index in [9.17, 15) is 9.70 Å². The Bertz CT molecular complexity index is 937. The van der Waals surface area contributed by atoms with Crippen molar-refractivity contribution < 1.29 is 4.79 Å². The van der Waals surface area contributed by atoms with Gasteiger partial charge in [0.1, 0.15) is 5.69 Å². The molecule has 0 aliphatic heterocycles. The number of hydrogen-bond acceptors (Lipinski definition) is 5. The lowest BCUT2D eigenvalue weighted by Gasteiger charge is -2.11. The second-order valence-corrected chi connectivity index (χ2v) is 5.28. The molecule has 4 N–H and O–H groups in total. The summed E-state index contributed by atoms with van der Waals surface area (Å²) in [5.74, 6) is -0.435. The molecule has 0 aromatic heterocycles. The van der Waals surface area contributed by atoms with E-state index in [1.54, 1.807) is 31.3 Å². The van der Waals surface area contributed by atoms with Crippen LogP contribution in [0.15, 0.2) is 59.8 Å². The molecule has 6 heteroatoms. The largest absolute Gasteiger partial charge is 0.396 e. The molecule has 120 valence electrons. The molecule has 0 bridgehead atoms. The van der Waals surface area contributed by atoms with Crippen LogP contribution in [-0.4, -0.2) is 13.0 Å². The van der Waals surface area contributed by atoms with Crippen molar-refractivity contribution in [3.05, 3.63) is 65.1 Å². The molecular formula is C18H16N4O2. The summed E-state index contributed by atoms with van der Waals surface area (Å²) in [7, 11) is 1.79. The van der Waals surface area contributed by atoms with Crippen molar-refractivity contribution >= 4 is 39.4 Å². The van der Waals surface area contributed by atoms with E-state index in [2.05, 4.69) is 15.8 Å². The summed E-state index contributed by atoms with van der Waals surface area (Å²) >= 11 is 0. The maximum atomic E-state index is 12.6. The number of benzene rings is 3. The van der Waals surface area contributed by atoms with E-state index in [0.29, 0.717) is 11.1 Å². The molecular weight excluding hydrogens is 304 g/mol. The maximum absolute atomic E-state index is 12.6. The van der Waals surface area contributed by atoms with E-state index in [4.69, 9.17) is 5.73 Å². The number of nitrogen functional groups attached to an aromatic ring is 1. The quantitative estimate of drug-likeness (QED) is 0.498. The molecule has 3 aromatic carbocycles. The van der Waals surface area contributed by atoms with Crippen molar-refractivity contribution in [2.45, 2.75) is 0 Å². The van der Waals surface area contributed by atoms with E-state index in [1.807, 2.05) is 30.3 Å². The van der Waals surface area contributed by atoms with Gasteiger partial charge >= 0.3 is 0 Å². The highest BCUT2D eigenvalue weighted by atomic mass is 16.3. The SMILES string of the molecule is CNc1cccc(NC(=O)c2cc3ccccc3c(N)c2N=O)c1. The first-order valence-electron chi connectivity index (χ1n) is 7.38. The lowest BCUT2D eigenvalue weighted by molar-refractivity contribution is 0.102. The number of nitrogens with two attached hydrogens (primary N) is 1. The molecule has 0 heterocycles. The molecule has 1 amide bonds. The maximum Gasteiger partial charge on any atom is 0.258 e. The number of carbonyl (C=O) groups excluding carboxylic acids is 1. The number of nitroso groups, excluding NO2 is 1. The van der Waals surface area contributed by atoms with E-state index >= 15 is 0 Å². The summed E-state index contributed by atoms with van der Waals surface area (Å²) in [4.78, 5) is 23.8. The predicted molar refractivity (Wildman–Crippen MR) is 97.8 cm³/mol. The minimum absolute atomic E-state index is 0.0454. The summed E-state index contributed by atoms with van der Waals surface area (Å²) in [6, 6.07) is 16.1. The molecule has 0 aliphatic carbocycles. The molecule has 6 nitrogen and oxygen atoms in total. The van der Waals surface area contributed by atoms with Crippen LogP contribution in [0.3, 0.4) is 0 Å². The normalized spacial score (nSPS) is 10.4. The van der Waals surface area contributed by atoms with Crippen LogP contribution < -0.4 is 16.4 Å². The van der Waals surface area contributed by atoms with Gasteiger partial charge in [-0.3, -0.25) is 4.79 Å². The average Bonchev–Trinajstić information content (AvgIpc) is 2.61. The van der Waals surface area contributed by atoms with Crippen LogP contribution in [0.4, 0.5) is 22.7 Å². The Labute approximate surface area is 138 Å². The topological polar surface area (TPSA) is 96.6 Å². The van der Waals surface area contributed by atoms with Crippen LogP contribution in [0.5, 0.6) is 0 Å². The Morgan fingerprint density at radius 3 is 2.54 bits per heavy atom. The Balaban J connectivity index is 2.04. The van der Waals surface area contributed by atoms with Crippen molar-refractivity contribution in [2.75, 3.05) is 23.4 Å². The number of nitrogens with zero attached hydrogens (tertiary/aromatic N) is 1. The van der Waals surface area contributed by atoms with E-state index in [0.717, 1.165) is 11.1 Å². The van der Waals surface area contributed by atoms with Gasteiger partial charge in [0.2, 0.25) is 0 Å². The fraction of sp³-hybridized carbons (Fsp3) is 0.0556. The van der Waals surface area contributed by atoms with Crippen LogP contribution in [0, 0.1) is 4.91 Å². The fourth-order valence-corrected chi connectivity index (χ4v) is 2.59. The molecule has 0 spiro atoms. The number of rotatable bonds is 4. The van der Waals surface area contributed by atoms with E-state index in [1.165, 1.54) is 0 Å². The zero-order chi connectivity index (χ0) is 17.1. The van der Waals surface area contributed by atoms with Gasteiger partial charge in [0.15, 0.2) is 0 Å². The average molecular weight is 320 g/mol. The second-order valence-electron chi connectivity index (χ2n) is 5.28. The van der Waals surface area contributed by atoms with Gasteiger partial charge in [-0.25, -0.2) is 0 Å². The predicted octanol–water partition coefficient (Wildman–Crippen LogP) is 4.11. The number of fused-ring (bicyclic) bond motifs is 1. The number of carbonyl (C=O) groups is 1. The number of anilines is 3. The minimum Gasteiger partial charge on any atom is -0.396 e. The van der Waals surface area contributed by atoms with Gasteiger partial charge < -0.3 is 16.4 Å². The number of amides is 1. The summed E-state index contributed by atoms with van der Waals surface area (Å²) < 4.78 is 0. The highest BCUT2D eigenvalue weighted by Crippen LogP contribution is 2.35. The molecule has 0 fully saturated rings. The molecule has 0 saturated carbocycles. The molecule has 0 radical (unpaired) electrons. The molecule has 0 saturated heterocycles. The Kier molecular flexibility index (Phi) is 4.11. The van der Waals surface area contributed by atoms with Crippen molar-refractivity contribution in [2.24, 2.45) is 5.18 Å². The van der Waals surface area contributed by atoms with Gasteiger partial charge in [0.05, 0.1) is 11.3 Å². The van der Waals surface area contributed by atoms with Crippen LogP contribution >= 0.6 is 0 Å². The van der Waals surface area contributed by atoms with Crippen LogP contribution in [0.1, 0.15) is 10.4 Å². The molecule has 24 heavy (non-hydrogen) atoms. The van der Waals surface area contributed by atoms with Gasteiger partial charge in [0, 0.05) is 23.8 Å². The third kappa shape index (κ3) is 2.77. The Morgan fingerprint density at radius 2 is 1.79 bits per heavy atom. The molecule has 0 atom stereocenters. The van der Waals surface area contributed by atoms with Crippen LogP contribution in [-0.2, 0) is 0 Å². The van der Waals surface area contributed by atoms with Crippen molar-refractivity contribution in [3.8, 4) is 0 Å². The van der Waals surface area contributed by atoms with Gasteiger partial charge in [0.25, 0.3) is 5.91 Å². The first-order valence-corrected chi connectivity index (χ1v) is 7.38. The standard InChI is InChI=1S/C18H16N4O2/c1-20-12-6-4-7-13(10-12)21-18(23)15-9-11-5-2-3-8-14(11)16(19)17(15)22-24/h2-10,20H,19H2,1H3,(H,21,23). The van der Waals surface area contributed by atoms with Gasteiger partial charge in [-0.1, -0.05) is 30.3 Å². The van der Waals surface area contributed by atoms with Crippen molar-refractivity contribution in [1.82, 2.24) is 0 Å². The fourth-order valence-electron chi connectivity index (χ4n) is 2.59. The van der Waals surface area contributed by atoms with Gasteiger partial charge in [-0.15, -0.1) is 4.91 Å². The first-order chi connectivity index (χ1) is 11.6. The Morgan fingerprint density at radius 1 is 1.04 bits per heavy atom. The lowest BCUT2D eigenvalue weighted by Crippen LogP contribution is -2.13. The lowest BCUT2D eigenvalue weighted by atomic mass is 10.0. The number of hydrogen-bond donors (Lipinski definition) is 3. The van der Waals surface area contributed by atoms with E-state index in [-0.39, 0.29) is 16.9 Å². The van der Waals surface area contributed by atoms with Gasteiger partial charge in [-0.2, -0.15) is 0 Å². The van der Waals surface area contributed by atoms with Crippen molar-refractivity contribution in [3.63, 3.8) is 0 Å². The highest BCUT2D eigenvalue weighted by Gasteiger charge is 2.18. The molecule has 3 aromatic rings. The third-order valence-electron chi connectivity index (χ3n) is 3.81. The zero-order valence-electron chi connectivity index (χ0n) is 13.0. The summed E-state index contributed by atoms with van der Waals surface area (Å²) in [6.45, 7) is 0. The summed E-state index contributed by atoms with van der Waals surface area (Å²) in [6.07, 6.45) is 0. The zero-order valence-corrected chi connectivity index (χ0v) is 13.0. The second kappa shape index (κ2) is 6.37. The Hall–Kier alpha value is -3.41. The third-order valence-corrected chi connectivity index (χ3v) is 3.81. The molecule has 0 aliphatic rings. The minimum atomic E-state index is -0.435. The summed E-state index contributed by atoms with van der Waals surface area (Å²) in [5, 5.41) is 10.2.